The quantitative estimate of drug-likeness (QED) is 0.305. The molecule has 0 atom stereocenters. The zero-order valence-electron chi connectivity index (χ0n) is 19.3. The summed E-state index contributed by atoms with van der Waals surface area (Å²) < 4.78 is 18.0. The third-order valence-corrected chi connectivity index (χ3v) is 6.47. The van der Waals surface area contributed by atoms with Crippen LogP contribution in [0.25, 0.3) is 11.8 Å². The number of aliphatic imine (C=N–C) groups is 1. The lowest BCUT2D eigenvalue weighted by atomic mass is 10.3. The summed E-state index contributed by atoms with van der Waals surface area (Å²) in [7, 11) is 3.27. The van der Waals surface area contributed by atoms with Crippen LogP contribution < -0.4 is 9.47 Å². The van der Waals surface area contributed by atoms with Gasteiger partial charge in [-0.15, -0.1) is 0 Å². The number of nitrogens with zero attached hydrogens (tertiary/aromatic N) is 3. The van der Waals surface area contributed by atoms with Gasteiger partial charge in [-0.3, -0.25) is 9.69 Å². The summed E-state index contributed by atoms with van der Waals surface area (Å²) in [4.78, 5) is 20.3. The smallest absolute Gasteiger partial charge is 0.267 e. The molecule has 4 aromatic rings. The number of amidine groups is 1. The van der Waals surface area contributed by atoms with E-state index in [1.54, 1.807) is 25.4 Å². The van der Waals surface area contributed by atoms with Gasteiger partial charge in [-0.2, -0.15) is 0 Å². The van der Waals surface area contributed by atoms with Crippen molar-refractivity contribution in [3.05, 3.63) is 102 Å². The molecule has 35 heavy (non-hydrogen) atoms. The number of thioether (sulfide) groups is 1. The number of benzene rings is 2. The summed E-state index contributed by atoms with van der Waals surface area (Å²) in [6, 6.07) is 20.8. The molecule has 1 amide bonds. The summed E-state index contributed by atoms with van der Waals surface area (Å²) in [5.41, 5.74) is 2.65. The van der Waals surface area contributed by atoms with E-state index in [-0.39, 0.29) is 5.91 Å². The highest BCUT2D eigenvalue weighted by Crippen LogP contribution is 2.35. The largest absolute Gasteiger partial charge is 0.497 e. The van der Waals surface area contributed by atoms with Crippen LogP contribution in [0, 0.1) is 0 Å². The minimum atomic E-state index is -0.115. The lowest BCUT2D eigenvalue weighted by molar-refractivity contribution is -0.122. The molecule has 2 aromatic carbocycles. The molecule has 0 N–H and O–H groups in total. The number of methoxy groups -OCH3 is 2. The molecular formula is C27H23N3O4S. The Morgan fingerprint density at radius 1 is 0.971 bits per heavy atom. The van der Waals surface area contributed by atoms with E-state index in [0.29, 0.717) is 22.4 Å². The molecule has 0 unspecified atom stereocenters. The van der Waals surface area contributed by atoms with Crippen LogP contribution in [0.2, 0.25) is 0 Å². The van der Waals surface area contributed by atoms with Crippen molar-refractivity contribution in [1.82, 2.24) is 9.47 Å². The highest BCUT2D eigenvalue weighted by atomic mass is 32.2. The van der Waals surface area contributed by atoms with Crippen molar-refractivity contribution in [1.29, 1.82) is 0 Å². The van der Waals surface area contributed by atoms with Crippen LogP contribution in [-0.2, 0) is 11.3 Å². The Kier molecular flexibility index (Phi) is 6.45. The van der Waals surface area contributed by atoms with Crippen LogP contribution in [0.1, 0.15) is 11.3 Å². The molecule has 8 heteroatoms. The van der Waals surface area contributed by atoms with E-state index in [4.69, 9.17) is 18.9 Å². The summed E-state index contributed by atoms with van der Waals surface area (Å²) >= 11 is 1.35. The molecule has 1 aliphatic rings. The normalized spacial score (nSPS) is 15.8. The third-order valence-electron chi connectivity index (χ3n) is 5.46. The Balaban J connectivity index is 1.43. The first-order valence-electron chi connectivity index (χ1n) is 10.9. The standard InChI is InChI=1S/C27H23N3O4S/c1-32-22-9-5-20(6-10-22)28-27-30(18-24-4-3-15-34-24)26(31)25(35-27)16-19-13-14-29(17-19)21-7-11-23(33-2)12-8-21/h3-17H,18H2,1-2H3/b25-16+,28-27?. The van der Waals surface area contributed by atoms with Gasteiger partial charge in [0.1, 0.15) is 17.3 Å². The van der Waals surface area contributed by atoms with Crippen molar-refractivity contribution < 1.29 is 18.7 Å². The van der Waals surface area contributed by atoms with Crippen molar-refractivity contribution in [2.75, 3.05) is 14.2 Å². The first kappa shape index (κ1) is 22.6. The van der Waals surface area contributed by atoms with Crippen molar-refractivity contribution >= 4 is 34.6 Å². The van der Waals surface area contributed by atoms with Gasteiger partial charge in [0.05, 0.1) is 37.6 Å². The fourth-order valence-electron chi connectivity index (χ4n) is 3.62. The van der Waals surface area contributed by atoms with E-state index in [1.807, 2.05) is 89.8 Å². The summed E-state index contributed by atoms with van der Waals surface area (Å²) in [5.74, 6) is 2.12. The van der Waals surface area contributed by atoms with E-state index < -0.39 is 0 Å². The molecule has 1 fully saturated rings. The number of hydrogen-bond donors (Lipinski definition) is 0. The van der Waals surface area contributed by atoms with Crippen LogP contribution in [0.15, 0.2) is 99.7 Å². The van der Waals surface area contributed by atoms with Crippen molar-refractivity contribution in [2.24, 2.45) is 4.99 Å². The molecule has 1 aliphatic heterocycles. The topological polar surface area (TPSA) is 69.2 Å². The van der Waals surface area contributed by atoms with Gasteiger partial charge in [-0.25, -0.2) is 4.99 Å². The molecule has 0 saturated carbocycles. The maximum absolute atomic E-state index is 13.4. The molecule has 7 nitrogen and oxygen atoms in total. The molecule has 0 spiro atoms. The minimum absolute atomic E-state index is 0.115. The maximum Gasteiger partial charge on any atom is 0.267 e. The van der Waals surface area contributed by atoms with Crippen molar-refractivity contribution in [3.63, 3.8) is 0 Å². The van der Waals surface area contributed by atoms with Gasteiger partial charge in [-0.1, -0.05) is 0 Å². The number of furan rings is 1. The third kappa shape index (κ3) is 5.02. The molecule has 1 saturated heterocycles. The number of amides is 1. The lowest BCUT2D eigenvalue weighted by Crippen LogP contribution is -2.28. The molecule has 0 radical (unpaired) electrons. The zero-order valence-corrected chi connectivity index (χ0v) is 20.1. The van der Waals surface area contributed by atoms with E-state index in [2.05, 4.69) is 0 Å². The number of aromatic nitrogens is 1. The Bertz CT molecular complexity index is 1370. The molecule has 176 valence electrons. The second kappa shape index (κ2) is 9.99. The van der Waals surface area contributed by atoms with Crippen LogP contribution in [0.4, 0.5) is 5.69 Å². The summed E-state index contributed by atoms with van der Waals surface area (Å²) in [6.07, 6.45) is 7.43. The van der Waals surface area contributed by atoms with Gasteiger partial charge in [0.2, 0.25) is 0 Å². The van der Waals surface area contributed by atoms with Crippen LogP contribution in [-0.4, -0.2) is 34.8 Å². The molecule has 2 aromatic heterocycles. The van der Waals surface area contributed by atoms with Crippen LogP contribution in [0.5, 0.6) is 11.5 Å². The van der Waals surface area contributed by atoms with Gasteiger partial charge < -0.3 is 18.5 Å². The van der Waals surface area contributed by atoms with Crippen molar-refractivity contribution in [2.45, 2.75) is 6.54 Å². The average molecular weight is 486 g/mol. The van der Waals surface area contributed by atoms with Gasteiger partial charge in [0.25, 0.3) is 5.91 Å². The highest BCUT2D eigenvalue weighted by molar-refractivity contribution is 8.18. The predicted octanol–water partition coefficient (Wildman–Crippen LogP) is 5.89. The number of hydrogen-bond acceptors (Lipinski definition) is 6. The molecular weight excluding hydrogens is 462 g/mol. The fraction of sp³-hybridized carbons (Fsp3) is 0.111. The Morgan fingerprint density at radius 2 is 1.69 bits per heavy atom. The second-order valence-corrected chi connectivity index (χ2v) is 8.73. The van der Waals surface area contributed by atoms with Gasteiger partial charge in [0, 0.05) is 18.1 Å². The SMILES string of the molecule is COc1ccc(N=C2S/C(=C/c3ccn(-c4ccc(OC)cc4)c3)C(=O)N2Cc2ccco2)cc1. The van der Waals surface area contributed by atoms with E-state index >= 15 is 0 Å². The number of ether oxygens (including phenoxy) is 2. The second-order valence-electron chi connectivity index (χ2n) is 7.72. The van der Waals surface area contributed by atoms with Gasteiger partial charge >= 0.3 is 0 Å². The molecule has 3 heterocycles. The fourth-order valence-corrected chi connectivity index (χ4v) is 4.62. The summed E-state index contributed by atoms with van der Waals surface area (Å²) in [5, 5.41) is 0.595. The first-order valence-corrected chi connectivity index (χ1v) is 11.7. The highest BCUT2D eigenvalue weighted by Gasteiger charge is 2.34. The maximum atomic E-state index is 13.4. The van der Waals surface area contributed by atoms with E-state index in [0.717, 1.165) is 28.4 Å². The number of rotatable bonds is 7. The van der Waals surface area contributed by atoms with Gasteiger partial charge in [-0.05, 0) is 90.1 Å². The lowest BCUT2D eigenvalue weighted by Gasteiger charge is -2.13. The molecule has 0 bridgehead atoms. The minimum Gasteiger partial charge on any atom is -0.497 e. The average Bonchev–Trinajstić information content (AvgIpc) is 3.64. The van der Waals surface area contributed by atoms with E-state index in [1.165, 1.54) is 11.8 Å². The molecule has 0 aliphatic carbocycles. The van der Waals surface area contributed by atoms with Crippen LogP contribution >= 0.6 is 11.8 Å². The van der Waals surface area contributed by atoms with Gasteiger partial charge in [0.15, 0.2) is 5.17 Å². The zero-order chi connectivity index (χ0) is 24.2. The Hall–Kier alpha value is -4.17. The monoisotopic (exact) mass is 485 g/mol. The van der Waals surface area contributed by atoms with E-state index in [9.17, 15) is 4.79 Å². The summed E-state index contributed by atoms with van der Waals surface area (Å²) in [6.45, 7) is 0.304. The molecule has 5 rings (SSSR count). The van der Waals surface area contributed by atoms with Crippen LogP contribution in [0.3, 0.4) is 0 Å². The Morgan fingerprint density at radius 3 is 2.34 bits per heavy atom. The number of carbonyl (C=O) groups is 1. The Labute approximate surface area is 207 Å². The number of carbonyl (C=O) groups excluding carboxylic acids is 1. The van der Waals surface area contributed by atoms with Crippen molar-refractivity contribution in [3.8, 4) is 17.2 Å². The first-order chi connectivity index (χ1) is 17.1. The predicted molar refractivity (Wildman–Crippen MR) is 137 cm³/mol.